The number of ether oxygens (including phenoxy) is 1. The van der Waals surface area contributed by atoms with Crippen LogP contribution < -0.4 is 9.46 Å². The van der Waals surface area contributed by atoms with Gasteiger partial charge in [0.1, 0.15) is 5.75 Å². The smallest absolute Gasteiger partial charge is 0.387 e. The van der Waals surface area contributed by atoms with Crippen LogP contribution in [0.4, 0.5) is 8.78 Å². The predicted molar refractivity (Wildman–Crippen MR) is 92.8 cm³/mol. The van der Waals surface area contributed by atoms with Gasteiger partial charge in [0.05, 0.1) is 6.26 Å². The summed E-state index contributed by atoms with van der Waals surface area (Å²) in [4.78, 5) is 13.7. The van der Waals surface area contributed by atoms with Crippen molar-refractivity contribution < 1.29 is 26.7 Å². The van der Waals surface area contributed by atoms with E-state index >= 15 is 0 Å². The lowest BCUT2D eigenvalue weighted by Gasteiger charge is -2.14. The Labute approximate surface area is 153 Å². The highest BCUT2D eigenvalue weighted by molar-refractivity contribution is 9.10. The van der Waals surface area contributed by atoms with Crippen molar-refractivity contribution in [2.45, 2.75) is 19.1 Å². The number of carbonyl (C=O) groups excluding carboxylic acids is 1. The van der Waals surface area contributed by atoms with Crippen molar-refractivity contribution in [3.05, 3.63) is 34.3 Å². The van der Waals surface area contributed by atoms with Crippen molar-refractivity contribution in [3.63, 3.8) is 0 Å². The fourth-order valence-electron chi connectivity index (χ4n) is 2.48. The number of likely N-dealkylation sites (tertiary alicyclic amines) is 1. The van der Waals surface area contributed by atoms with Gasteiger partial charge >= 0.3 is 6.61 Å². The van der Waals surface area contributed by atoms with Gasteiger partial charge in [-0.05, 0) is 30.7 Å². The molecular weight excluding hydrogens is 422 g/mol. The van der Waals surface area contributed by atoms with Gasteiger partial charge in [-0.1, -0.05) is 15.9 Å². The maximum Gasteiger partial charge on any atom is 0.387 e. The van der Waals surface area contributed by atoms with E-state index in [9.17, 15) is 22.0 Å². The third-order valence-electron chi connectivity index (χ3n) is 3.47. The zero-order valence-corrected chi connectivity index (χ0v) is 15.7. The molecule has 0 aromatic heterocycles. The fourth-order valence-corrected chi connectivity index (χ4v) is 3.66. The van der Waals surface area contributed by atoms with Gasteiger partial charge in [0, 0.05) is 35.2 Å². The Morgan fingerprint density at radius 3 is 2.84 bits per heavy atom. The Bertz CT molecular complexity index is 771. The van der Waals surface area contributed by atoms with Crippen molar-refractivity contribution >= 4 is 37.9 Å². The summed E-state index contributed by atoms with van der Waals surface area (Å²) in [6.07, 6.45) is 4.23. The molecule has 1 aliphatic rings. The molecule has 1 amide bonds. The van der Waals surface area contributed by atoms with E-state index in [1.54, 1.807) is 12.1 Å². The third-order valence-corrected chi connectivity index (χ3v) is 4.73. The molecule has 138 valence electrons. The van der Waals surface area contributed by atoms with Crippen LogP contribution in [-0.4, -0.2) is 51.2 Å². The topological polar surface area (TPSA) is 75.7 Å². The van der Waals surface area contributed by atoms with Crippen molar-refractivity contribution in [2.75, 3.05) is 19.3 Å². The zero-order valence-electron chi connectivity index (χ0n) is 13.3. The van der Waals surface area contributed by atoms with Crippen LogP contribution in [0.25, 0.3) is 6.08 Å². The molecule has 1 aromatic rings. The van der Waals surface area contributed by atoms with Crippen LogP contribution in [0.3, 0.4) is 0 Å². The number of hydrogen-bond acceptors (Lipinski definition) is 4. The van der Waals surface area contributed by atoms with Gasteiger partial charge in [-0.25, -0.2) is 13.1 Å². The predicted octanol–water partition coefficient (Wildman–Crippen LogP) is 2.21. The molecule has 0 spiro atoms. The molecule has 0 saturated carbocycles. The molecule has 1 N–H and O–H groups in total. The van der Waals surface area contributed by atoms with Crippen LogP contribution in [0.2, 0.25) is 0 Å². The first-order valence-electron chi connectivity index (χ1n) is 7.33. The molecule has 1 aromatic carbocycles. The number of hydrogen-bond donors (Lipinski definition) is 1. The molecule has 1 unspecified atom stereocenters. The third kappa shape index (κ3) is 6.37. The summed E-state index contributed by atoms with van der Waals surface area (Å²) >= 11 is 3.23. The van der Waals surface area contributed by atoms with E-state index in [-0.39, 0.29) is 24.2 Å². The minimum Gasteiger partial charge on any atom is -0.434 e. The Kier molecular flexibility index (Phi) is 6.53. The van der Waals surface area contributed by atoms with E-state index in [1.807, 2.05) is 0 Å². The average Bonchev–Trinajstić information content (AvgIpc) is 2.93. The molecule has 0 aliphatic carbocycles. The van der Waals surface area contributed by atoms with E-state index < -0.39 is 16.6 Å². The number of sulfonamides is 1. The minimum absolute atomic E-state index is 0.0414. The highest BCUT2D eigenvalue weighted by Crippen LogP contribution is 2.26. The molecule has 0 bridgehead atoms. The second kappa shape index (κ2) is 8.24. The number of nitrogens with zero attached hydrogens (tertiary/aromatic N) is 1. The number of nitrogens with one attached hydrogen (secondary N) is 1. The highest BCUT2D eigenvalue weighted by Gasteiger charge is 2.26. The van der Waals surface area contributed by atoms with Gasteiger partial charge in [-0.2, -0.15) is 8.78 Å². The first-order chi connectivity index (χ1) is 11.6. The number of halogens is 3. The fraction of sp³-hybridized carbons (Fsp3) is 0.400. The van der Waals surface area contributed by atoms with E-state index in [4.69, 9.17) is 0 Å². The van der Waals surface area contributed by atoms with Crippen LogP contribution >= 0.6 is 15.9 Å². The molecular formula is C15H17BrF2N2O4S. The van der Waals surface area contributed by atoms with Crippen molar-refractivity contribution in [1.29, 1.82) is 0 Å². The molecule has 10 heteroatoms. The summed E-state index contributed by atoms with van der Waals surface area (Å²) < 4.78 is 54.9. The summed E-state index contributed by atoms with van der Waals surface area (Å²) in [6.45, 7) is -2.30. The van der Waals surface area contributed by atoms with Crippen LogP contribution in [0.1, 0.15) is 12.0 Å². The summed E-state index contributed by atoms with van der Waals surface area (Å²) in [7, 11) is -3.33. The zero-order chi connectivity index (χ0) is 18.6. The first-order valence-corrected chi connectivity index (χ1v) is 10.0. The lowest BCUT2D eigenvalue weighted by atomic mass is 10.2. The number of alkyl halides is 2. The van der Waals surface area contributed by atoms with Crippen molar-refractivity contribution in [1.82, 2.24) is 9.62 Å². The quantitative estimate of drug-likeness (QED) is 0.690. The molecule has 1 saturated heterocycles. The molecule has 1 heterocycles. The second-order valence-corrected chi connectivity index (χ2v) is 8.25. The van der Waals surface area contributed by atoms with Crippen LogP contribution in [0.5, 0.6) is 5.75 Å². The van der Waals surface area contributed by atoms with Gasteiger partial charge in [0.2, 0.25) is 15.9 Å². The maximum atomic E-state index is 12.4. The standard InChI is InChI=1S/C15H17BrF2N2O4S/c1-25(22,23)19-12-6-7-20(9-12)14(21)5-2-10-8-11(16)3-4-13(10)24-15(17)18/h2-5,8,12,15,19H,6-7,9H2,1H3/b5-2+. The lowest BCUT2D eigenvalue weighted by Crippen LogP contribution is -2.37. The normalized spacial score (nSPS) is 18.3. The Hall–Kier alpha value is -1.52. The summed E-state index contributed by atoms with van der Waals surface area (Å²) in [5.41, 5.74) is 0.327. The molecule has 6 nitrogen and oxygen atoms in total. The summed E-state index contributed by atoms with van der Waals surface area (Å²) in [6, 6.07) is 4.16. The van der Waals surface area contributed by atoms with Gasteiger partial charge in [-0.3, -0.25) is 4.79 Å². The molecule has 25 heavy (non-hydrogen) atoms. The minimum atomic E-state index is -3.33. The number of benzene rings is 1. The maximum absolute atomic E-state index is 12.4. The molecule has 2 rings (SSSR count). The van der Waals surface area contributed by atoms with Crippen LogP contribution in [0.15, 0.2) is 28.7 Å². The van der Waals surface area contributed by atoms with Crippen LogP contribution in [0, 0.1) is 0 Å². The van der Waals surface area contributed by atoms with Gasteiger partial charge in [0.25, 0.3) is 0 Å². The Balaban J connectivity index is 2.05. The number of amides is 1. The van der Waals surface area contributed by atoms with Crippen LogP contribution in [-0.2, 0) is 14.8 Å². The molecule has 1 atom stereocenters. The van der Waals surface area contributed by atoms with E-state index in [1.165, 1.54) is 23.1 Å². The van der Waals surface area contributed by atoms with E-state index in [2.05, 4.69) is 25.4 Å². The molecule has 1 aliphatic heterocycles. The average molecular weight is 439 g/mol. The Morgan fingerprint density at radius 1 is 1.48 bits per heavy atom. The highest BCUT2D eigenvalue weighted by atomic mass is 79.9. The van der Waals surface area contributed by atoms with Crippen molar-refractivity contribution in [2.24, 2.45) is 0 Å². The van der Waals surface area contributed by atoms with Gasteiger partial charge in [-0.15, -0.1) is 0 Å². The largest absolute Gasteiger partial charge is 0.434 e. The second-order valence-electron chi connectivity index (χ2n) is 5.55. The monoisotopic (exact) mass is 438 g/mol. The Morgan fingerprint density at radius 2 is 2.20 bits per heavy atom. The summed E-state index contributed by atoms with van der Waals surface area (Å²) in [5, 5.41) is 0. The van der Waals surface area contributed by atoms with E-state index in [0.29, 0.717) is 23.0 Å². The van der Waals surface area contributed by atoms with Crippen molar-refractivity contribution in [3.8, 4) is 5.75 Å². The lowest BCUT2D eigenvalue weighted by molar-refractivity contribution is -0.125. The number of rotatable bonds is 6. The van der Waals surface area contributed by atoms with E-state index in [0.717, 1.165) is 6.26 Å². The van der Waals surface area contributed by atoms with Gasteiger partial charge < -0.3 is 9.64 Å². The summed E-state index contributed by atoms with van der Waals surface area (Å²) in [5.74, 6) is -0.374. The first kappa shape index (κ1) is 19.8. The number of carbonyl (C=O) groups is 1. The molecule has 0 radical (unpaired) electrons. The SMILES string of the molecule is CS(=O)(=O)NC1CCN(C(=O)/C=C/c2cc(Br)ccc2OC(F)F)C1. The molecule has 1 fully saturated rings. The van der Waals surface area contributed by atoms with Gasteiger partial charge in [0.15, 0.2) is 0 Å².